The summed E-state index contributed by atoms with van der Waals surface area (Å²) in [5, 5.41) is 0. The first-order valence-corrected chi connectivity index (χ1v) is 10.1. The van der Waals surface area contributed by atoms with Gasteiger partial charge in [-0.15, -0.1) is 0 Å². The lowest BCUT2D eigenvalue weighted by Gasteiger charge is -2.25. The van der Waals surface area contributed by atoms with Gasteiger partial charge in [-0.25, -0.2) is 9.18 Å². The zero-order chi connectivity index (χ0) is 21.4. The molecule has 0 radical (unpaired) electrons. The van der Waals surface area contributed by atoms with Crippen LogP contribution in [0.3, 0.4) is 0 Å². The minimum absolute atomic E-state index is 0.0236. The summed E-state index contributed by atoms with van der Waals surface area (Å²) in [5.41, 5.74) is 2.09. The molecule has 0 aromatic heterocycles. The molecule has 6 nitrogen and oxygen atoms in total. The van der Waals surface area contributed by atoms with Gasteiger partial charge < -0.3 is 4.90 Å². The van der Waals surface area contributed by atoms with Crippen LogP contribution in [0.15, 0.2) is 48.5 Å². The number of aryl methyl sites for hydroxylation is 1. The average molecular weight is 409 g/mol. The SMILES string of the molecule is Cc1ccc(N2C(=O)N(CC(=O)N(Cc3ccccc3F)C3CC3)C(=O)C2C)cc1. The lowest BCUT2D eigenvalue weighted by Crippen LogP contribution is -2.44. The monoisotopic (exact) mass is 409 g/mol. The largest absolute Gasteiger partial charge is 0.334 e. The van der Waals surface area contributed by atoms with E-state index in [9.17, 15) is 18.8 Å². The minimum atomic E-state index is -0.686. The Bertz CT molecular complexity index is 987. The minimum Gasteiger partial charge on any atom is -0.334 e. The Kier molecular flexibility index (Phi) is 5.28. The van der Waals surface area contributed by atoms with Crippen LogP contribution >= 0.6 is 0 Å². The number of carbonyl (C=O) groups is 3. The van der Waals surface area contributed by atoms with Gasteiger partial charge in [0.15, 0.2) is 0 Å². The Morgan fingerprint density at radius 1 is 1.10 bits per heavy atom. The summed E-state index contributed by atoms with van der Waals surface area (Å²) in [5.74, 6) is -1.13. The molecular weight excluding hydrogens is 385 g/mol. The molecule has 1 aliphatic carbocycles. The fourth-order valence-electron chi connectivity index (χ4n) is 3.75. The molecule has 2 fully saturated rings. The predicted octanol–water partition coefficient (Wildman–Crippen LogP) is 3.48. The third-order valence-corrected chi connectivity index (χ3v) is 5.66. The molecule has 0 N–H and O–H groups in total. The van der Waals surface area contributed by atoms with Crippen LogP contribution in [0.25, 0.3) is 0 Å². The van der Waals surface area contributed by atoms with Gasteiger partial charge in [0.05, 0.1) is 0 Å². The summed E-state index contributed by atoms with van der Waals surface area (Å²) in [7, 11) is 0. The fraction of sp³-hybridized carbons (Fsp3) is 0.348. The van der Waals surface area contributed by atoms with Gasteiger partial charge in [0.2, 0.25) is 5.91 Å². The van der Waals surface area contributed by atoms with Gasteiger partial charge in [0, 0.05) is 23.8 Å². The molecule has 7 heteroatoms. The normalized spacial score (nSPS) is 18.8. The Labute approximate surface area is 174 Å². The third-order valence-electron chi connectivity index (χ3n) is 5.66. The molecule has 1 atom stereocenters. The maximum Gasteiger partial charge on any atom is 0.332 e. The van der Waals surface area contributed by atoms with Crippen molar-refractivity contribution in [3.05, 3.63) is 65.5 Å². The predicted molar refractivity (Wildman–Crippen MR) is 110 cm³/mol. The highest BCUT2D eigenvalue weighted by atomic mass is 19.1. The van der Waals surface area contributed by atoms with E-state index >= 15 is 0 Å². The van der Waals surface area contributed by atoms with Crippen LogP contribution in [-0.4, -0.2) is 46.3 Å². The first-order valence-electron chi connectivity index (χ1n) is 10.1. The molecule has 4 amide bonds. The highest BCUT2D eigenvalue weighted by molar-refractivity contribution is 6.15. The number of imide groups is 1. The number of amides is 4. The second-order valence-corrected chi connectivity index (χ2v) is 7.93. The van der Waals surface area contributed by atoms with E-state index in [4.69, 9.17) is 0 Å². The van der Waals surface area contributed by atoms with E-state index in [0.717, 1.165) is 23.3 Å². The smallest absolute Gasteiger partial charge is 0.332 e. The van der Waals surface area contributed by atoms with Gasteiger partial charge in [-0.3, -0.25) is 19.4 Å². The number of benzene rings is 2. The average Bonchev–Trinajstić information content (AvgIpc) is 3.54. The highest BCUT2D eigenvalue weighted by Crippen LogP contribution is 2.30. The maximum absolute atomic E-state index is 14.1. The van der Waals surface area contributed by atoms with Crippen LogP contribution in [0.5, 0.6) is 0 Å². The second kappa shape index (κ2) is 7.89. The van der Waals surface area contributed by atoms with Gasteiger partial charge in [0.25, 0.3) is 5.91 Å². The molecule has 1 heterocycles. The molecule has 2 aromatic carbocycles. The number of hydrogen-bond donors (Lipinski definition) is 0. The van der Waals surface area contributed by atoms with Gasteiger partial charge >= 0.3 is 6.03 Å². The first-order chi connectivity index (χ1) is 14.4. The number of anilines is 1. The van der Waals surface area contributed by atoms with Crippen LogP contribution in [-0.2, 0) is 16.1 Å². The standard InChI is InChI=1S/C23H24FN3O3/c1-15-7-9-19(10-8-15)27-16(2)22(29)26(23(27)30)14-21(28)25(18-11-12-18)13-17-5-3-4-6-20(17)24/h3-10,16,18H,11-14H2,1-2H3. The van der Waals surface area contributed by atoms with Crippen LogP contribution in [0, 0.1) is 12.7 Å². The van der Waals surface area contributed by atoms with E-state index in [1.165, 1.54) is 11.0 Å². The molecule has 1 saturated carbocycles. The highest BCUT2D eigenvalue weighted by Gasteiger charge is 2.45. The summed E-state index contributed by atoms with van der Waals surface area (Å²) in [6.45, 7) is 3.39. The Balaban J connectivity index is 1.51. The Hall–Kier alpha value is -3.22. The van der Waals surface area contributed by atoms with Crippen LogP contribution in [0.4, 0.5) is 14.9 Å². The van der Waals surface area contributed by atoms with E-state index in [1.54, 1.807) is 42.2 Å². The molecule has 4 rings (SSSR count). The van der Waals surface area contributed by atoms with Gasteiger partial charge in [-0.2, -0.15) is 0 Å². The molecule has 1 aliphatic heterocycles. The number of carbonyl (C=O) groups excluding carboxylic acids is 3. The van der Waals surface area contributed by atoms with Crippen molar-refractivity contribution in [2.45, 2.75) is 45.3 Å². The molecule has 0 bridgehead atoms. The van der Waals surface area contributed by atoms with Crippen molar-refractivity contribution in [2.24, 2.45) is 0 Å². The zero-order valence-corrected chi connectivity index (χ0v) is 17.0. The Morgan fingerprint density at radius 2 is 1.77 bits per heavy atom. The summed E-state index contributed by atoms with van der Waals surface area (Å²) in [4.78, 5) is 42.7. The Morgan fingerprint density at radius 3 is 2.40 bits per heavy atom. The number of nitrogens with zero attached hydrogens (tertiary/aromatic N) is 3. The summed E-state index contributed by atoms with van der Waals surface area (Å²) in [6, 6.07) is 12.5. The summed E-state index contributed by atoms with van der Waals surface area (Å²) < 4.78 is 14.1. The van der Waals surface area contributed by atoms with Crippen molar-refractivity contribution in [2.75, 3.05) is 11.4 Å². The van der Waals surface area contributed by atoms with Crippen molar-refractivity contribution in [1.82, 2.24) is 9.80 Å². The molecule has 1 unspecified atom stereocenters. The topological polar surface area (TPSA) is 60.9 Å². The number of halogens is 1. The van der Waals surface area contributed by atoms with Crippen LogP contribution in [0.2, 0.25) is 0 Å². The van der Waals surface area contributed by atoms with Crippen LogP contribution in [0.1, 0.15) is 30.9 Å². The van der Waals surface area contributed by atoms with E-state index in [0.29, 0.717) is 11.3 Å². The first kappa shape index (κ1) is 20.1. The van der Waals surface area contributed by atoms with E-state index in [1.807, 2.05) is 19.1 Å². The third kappa shape index (κ3) is 3.79. The molecule has 2 aromatic rings. The molecular formula is C23H24FN3O3. The van der Waals surface area contributed by atoms with Gasteiger partial charge in [-0.05, 0) is 44.9 Å². The second-order valence-electron chi connectivity index (χ2n) is 7.93. The zero-order valence-electron chi connectivity index (χ0n) is 17.0. The van der Waals surface area contributed by atoms with Crippen molar-refractivity contribution >= 4 is 23.5 Å². The van der Waals surface area contributed by atoms with Crippen molar-refractivity contribution in [3.8, 4) is 0 Å². The number of urea groups is 1. The number of rotatable bonds is 6. The fourth-order valence-corrected chi connectivity index (χ4v) is 3.75. The van der Waals surface area contributed by atoms with Crippen molar-refractivity contribution in [3.63, 3.8) is 0 Å². The summed E-state index contributed by atoms with van der Waals surface area (Å²) >= 11 is 0. The van der Waals surface area contributed by atoms with E-state index in [-0.39, 0.29) is 30.9 Å². The molecule has 1 saturated heterocycles. The lowest BCUT2D eigenvalue weighted by atomic mass is 10.2. The molecule has 156 valence electrons. The van der Waals surface area contributed by atoms with Crippen LogP contribution < -0.4 is 4.90 Å². The molecule has 0 spiro atoms. The van der Waals surface area contributed by atoms with Crippen molar-refractivity contribution in [1.29, 1.82) is 0 Å². The van der Waals surface area contributed by atoms with Gasteiger partial charge in [-0.1, -0.05) is 35.9 Å². The number of hydrogen-bond acceptors (Lipinski definition) is 3. The van der Waals surface area contributed by atoms with Gasteiger partial charge in [0.1, 0.15) is 18.4 Å². The maximum atomic E-state index is 14.1. The molecule has 2 aliphatic rings. The molecule has 30 heavy (non-hydrogen) atoms. The summed E-state index contributed by atoms with van der Waals surface area (Å²) in [6.07, 6.45) is 1.68. The van der Waals surface area contributed by atoms with E-state index < -0.39 is 18.0 Å². The quantitative estimate of drug-likeness (QED) is 0.687. The van der Waals surface area contributed by atoms with Crippen molar-refractivity contribution < 1.29 is 18.8 Å². The lowest BCUT2D eigenvalue weighted by molar-refractivity contribution is -0.138. The van der Waals surface area contributed by atoms with E-state index in [2.05, 4.69) is 0 Å².